The molecule has 0 bridgehead atoms. The number of hydrogen-bond acceptors (Lipinski definition) is 7. The SMILES string of the molecule is Cc1c(Nc2ncc3cc(Cl)c(N4C(=O)OC[C@H]4C)cc3n2)cnn1C1CCOCC1. The van der Waals surface area contributed by atoms with E-state index in [1.54, 1.807) is 29.4 Å². The predicted octanol–water partition coefficient (Wildman–Crippen LogP) is 4.23. The molecule has 2 saturated heterocycles. The minimum Gasteiger partial charge on any atom is -0.447 e. The van der Waals surface area contributed by atoms with Gasteiger partial charge in [0.1, 0.15) is 6.61 Å². The molecule has 0 spiro atoms. The number of carbonyl (C=O) groups is 1. The molecular weight excluding hydrogens is 420 g/mol. The van der Waals surface area contributed by atoms with E-state index in [1.165, 1.54) is 0 Å². The second-order valence-corrected chi connectivity index (χ2v) is 8.32. The Morgan fingerprint density at radius 1 is 1.23 bits per heavy atom. The number of anilines is 3. The standard InChI is InChI=1S/C21H23ClN6O3/c1-12-11-31-21(29)27(12)19-8-17-14(7-16(19)22)9-23-20(25-17)26-18-10-24-28(13(18)2)15-3-5-30-6-4-15/h7-10,12,15H,3-6,11H2,1-2H3,(H,23,25,26)/t12-/m1/s1. The molecule has 1 amide bonds. The van der Waals surface area contributed by atoms with Crippen LogP contribution in [0.15, 0.2) is 24.5 Å². The zero-order chi connectivity index (χ0) is 21.5. The third kappa shape index (κ3) is 3.68. The van der Waals surface area contributed by atoms with E-state index in [2.05, 4.69) is 20.4 Å². The molecule has 2 aliphatic rings. The number of fused-ring (bicyclic) bond motifs is 1. The summed E-state index contributed by atoms with van der Waals surface area (Å²) in [6.07, 6.45) is 5.01. The molecule has 2 fully saturated rings. The third-order valence-corrected chi connectivity index (χ3v) is 6.12. The Morgan fingerprint density at radius 3 is 2.77 bits per heavy atom. The highest BCUT2D eigenvalue weighted by Gasteiger charge is 2.32. The molecule has 4 heterocycles. The molecule has 0 radical (unpaired) electrons. The van der Waals surface area contributed by atoms with Gasteiger partial charge in [-0.1, -0.05) is 11.6 Å². The maximum absolute atomic E-state index is 12.1. The van der Waals surface area contributed by atoms with E-state index in [0.29, 0.717) is 34.8 Å². The van der Waals surface area contributed by atoms with Gasteiger partial charge in [-0.25, -0.2) is 14.8 Å². The molecule has 1 aromatic carbocycles. The van der Waals surface area contributed by atoms with Crippen molar-refractivity contribution >= 4 is 45.9 Å². The fraction of sp³-hybridized carbons (Fsp3) is 0.429. The van der Waals surface area contributed by atoms with Crippen LogP contribution in [-0.2, 0) is 9.47 Å². The van der Waals surface area contributed by atoms with Crippen LogP contribution in [0.4, 0.5) is 22.1 Å². The number of hydrogen-bond donors (Lipinski definition) is 1. The lowest BCUT2D eigenvalue weighted by atomic mass is 10.1. The first-order valence-electron chi connectivity index (χ1n) is 10.3. The molecule has 1 atom stereocenters. The van der Waals surface area contributed by atoms with E-state index >= 15 is 0 Å². The smallest absolute Gasteiger partial charge is 0.414 e. The number of rotatable bonds is 4. The second-order valence-electron chi connectivity index (χ2n) is 7.91. The number of halogens is 1. The Bertz CT molecular complexity index is 1140. The van der Waals surface area contributed by atoms with Gasteiger partial charge in [-0.3, -0.25) is 9.58 Å². The number of aromatic nitrogens is 4. The lowest BCUT2D eigenvalue weighted by Gasteiger charge is -2.23. The topological polar surface area (TPSA) is 94.4 Å². The van der Waals surface area contributed by atoms with Crippen molar-refractivity contribution in [2.75, 3.05) is 30.0 Å². The molecule has 0 aliphatic carbocycles. The van der Waals surface area contributed by atoms with Gasteiger partial charge in [-0.15, -0.1) is 0 Å². The molecule has 10 heteroatoms. The van der Waals surface area contributed by atoms with E-state index in [9.17, 15) is 4.79 Å². The Hall–Kier alpha value is -2.91. The van der Waals surface area contributed by atoms with Crippen LogP contribution in [0.25, 0.3) is 10.9 Å². The summed E-state index contributed by atoms with van der Waals surface area (Å²) >= 11 is 6.44. The number of ether oxygens (including phenoxy) is 2. The van der Waals surface area contributed by atoms with Crippen LogP contribution < -0.4 is 10.2 Å². The lowest BCUT2D eigenvalue weighted by Crippen LogP contribution is -2.31. The van der Waals surface area contributed by atoms with E-state index in [-0.39, 0.29) is 6.04 Å². The van der Waals surface area contributed by atoms with Crippen molar-refractivity contribution in [1.82, 2.24) is 19.7 Å². The molecule has 9 nitrogen and oxygen atoms in total. The summed E-state index contributed by atoms with van der Waals surface area (Å²) < 4.78 is 12.6. The number of amides is 1. The Kier molecular flexibility index (Phi) is 5.15. The minimum absolute atomic E-state index is 0.0967. The molecule has 1 N–H and O–H groups in total. The quantitative estimate of drug-likeness (QED) is 0.646. The maximum Gasteiger partial charge on any atom is 0.414 e. The summed E-state index contributed by atoms with van der Waals surface area (Å²) in [6.45, 7) is 5.80. The number of carbonyl (C=O) groups excluding carboxylic acids is 1. The molecular formula is C21H23ClN6O3. The van der Waals surface area contributed by atoms with Gasteiger partial charge in [0.05, 0.1) is 45.9 Å². The summed E-state index contributed by atoms with van der Waals surface area (Å²) in [4.78, 5) is 22.7. The van der Waals surface area contributed by atoms with Crippen molar-refractivity contribution in [3.05, 3.63) is 35.2 Å². The van der Waals surface area contributed by atoms with E-state index < -0.39 is 6.09 Å². The number of benzene rings is 1. The van der Waals surface area contributed by atoms with E-state index in [0.717, 1.165) is 42.8 Å². The fourth-order valence-corrected chi connectivity index (χ4v) is 4.36. The van der Waals surface area contributed by atoms with Crippen LogP contribution >= 0.6 is 11.6 Å². The van der Waals surface area contributed by atoms with Crippen LogP contribution in [0.2, 0.25) is 5.02 Å². The maximum atomic E-state index is 12.1. The highest BCUT2D eigenvalue weighted by molar-refractivity contribution is 6.34. The minimum atomic E-state index is -0.405. The monoisotopic (exact) mass is 442 g/mol. The van der Waals surface area contributed by atoms with Crippen LogP contribution in [-0.4, -0.2) is 51.7 Å². The normalized spacial score (nSPS) is 19.8. The van der Waals surface area contributed by atoms with Gasteiger partial charge in [0.25, 0.3) is 0 Å². The summed E-state index contributed by atoms with van der Waals surface area (Å²) in [5, 5.41) is 9.07. The Labute approximate surface area is 184 Å². The summed E-state index contributed by atoms with van der Waals surface area (Å²) in [5.74, 6) is 0.451. The summed E-state index contributed by atoms with van der Waals surface area (Å²) in [6, 6.07) is 3.81. The van der Waals surface area contributed by atoms with Gasteiger partial charge < -0.3 is 14.8 Å². The van der Waals surface area contributed by atoms with E-state index in [1.807, 2.05) is 18.5 Å². The number of nitrogens with zero attached hydrogens (tertiary/aromatic N) is 5. The van der Waals surface area contributed by atoms with Gasteiger partial charge in [0.2, 0.25) is 5.95 Å². The fourth-order valence-electron chi connectivity index (χ4n) is 4.10. The number of nitrogens with one attached hydrogen (secondary N) is 1. The zero-order valence-corrected chi connectivity index (χ0v) is 18.1. The molecule has 31 heavy (non-hydrogen) atoms. The van der Waals surface area contributed by atoms with Crippen LogP contribution in [0.1, 0.15) is 31.5 Å². The molecule has 162 valence electrons. The third-order valence-electron chi connectivity index (χ3n) is 5.82. The van der Waals surface area contributed by atoms with Crippen LogP contribution in [0, 0.1) is 6.92 Å². The van der Waals surface area contributed by atoms with Gasteiger partial charge in [-0.2, -0.15) is 5.10 Å². The molecule has 0 unspecified atom stereocenters. The van der Waals surface area contributed by atoms with Crippen molar-refractivity contribution in [2.24, 2.45) is 0 Å². The average molecular weight is 443 g/mol. The average Bonchev–Trinajstić information content (AvgIpc) is 3.30. The molecule has 2 aliphatic heterocycles. The zero-order valence-electron chi connectivity index (χ0n) is 17.3. The van der Waals surface area contributed by atoms with Crippen molar-refractivity contribution in [3.63, 3.8) is 0 Å². The molecule has 5 rings (SSSR count). The van der Waals surface area contributed by atoms with Crippen molar-refractivity contribution in [2.45, 2.75) is 38.8 Å². The largest absolute Gasteiger partial charge is 0.447 e. The van der Waals surface area contributed by atoms with Crippen molar-refractivity contribution in [1.29, 1.82) is 0 Å². The van der Waals surface area contributed by atoms with Gasteiger partial charge in [0, 0.05) is 24.8 Å². The number of cyclic esters (lactones) is 1. The first kappa shape index (κ1) is 20.0. The van der Waals surface area contributed by atoms with E-state index in [4.69, 9.17) is 21.1 Å². The molecule has 0 saturated carbocycles. The highest BCUT2D eigenvalue weighted by atomic mass is 35.5. The predicted molar refractivity (Wildman–Crippen MR) is 117 cm³/mol. The van der Waals surface area contributed by atoms with Crippen molar-refractivity contribution < 1.29 is 14.3 Å². The van der Waals surface area contributed by atoms with Gasteiger partial charge in [0.15, 0.2) is 0 Å². The van der Waals surface area contributed by atoms with Crippen LogP contribution in [0.3, 0.4) is 0 Å². The lowest BCUT2D eigenvalue weighted by molar-refractivity contribution is 0.0657. The van der Waals surface area contributed by atoms with Gasteiger partial charge in [-0.05, 0) is 38.8 Å². The Morgan fingerprint density at radius 2 is 2.03 bits per heavy atom. The second kappa shape index (κ2) is 7.97. The van der Waals surface area contributed by atoms with Gasteiger partial charge >= 0.3 is 6.09 Å². The molecule has 3 aromatic rings. The van der Waals surface area contributed by atoms with Crippen LogP contribution in [0.5, 0.6) is 0 Å². The Balaban J connectivity index is 1.44. The first-order chi connectivity index (χ1) is 15.0. The summed E-state index contributed by atoms with van der Waals surface area (Å²) in [7, 11) is 0. The molecule has 2 aromatic heterocycles. The highest BCUT2D eigenvalue weighted by Crippen LogP contribution is 2.34. The van der Waals surface area contributed by atoms with Crippen molar-refractivity contribution in [3.8, 4) is 0 Å². The first-order valence-corrected chi connectivity index (χ1v) is 10.7. The summed E-state index contributed by atoms with van der Waals surface area (Å²) in [5.41, 5.74) is 3.15.